The number of rotatable bonds is 1. The van der Waals surface area contributed by atoms with Crippen LogP contribution >= 0.6 is 11.6 Å². The predicted molar refractivity (Wildman–Crippen MR) is 79.0 cm³/mol. The maximum absolute atomic E-state index is 12.0. The van der Waals surface area contributed by atoms with E-state index in [-0.39, 0.29) is 6.09 Å². The predicted octanol–water partition coefficient (Wildman–Crippen LogP) is 3.85. The van der Waals surface area contributed by atoms with Crippen molar-refractivity contribution in [1.29, 1.82) is 0 Å². The molecule has 0 bridgehead atoms. The number of nitrogens with zero attached hydrogens (tertiary/aromatic N) is 2. The minimum Gasteiger partial charge on any atom is -0.444 e. The smallest absolute Gasteiger partial charge is 0.410 e. The second-order valence-corrected chi connectivity index (χ2v) is 6.54. The van der Waals surface area contributed by atoms with Crippen molar-refractivity contribution in [3.63, 3.8) is 0 Å². The average Bonchev–Trinajstić information content (AvgIpc) is 2.38. The van der Waals surface area contributed by atoms with Gasteiger partial charge in [0.15, 0.2) is 0 Å². The molecular formula is C15H21ClN2O2. The quantitative estimate of drug-likeness (QED) is 0.739. The summed E-state index contributed by atoms with van der Waals surface area (Å²) in [4.78, 5) is 17.9. The first kappa shape index (κ1) is 15.1. The van der Waals surface area contributed by atoms with Crippen LogP contribution in [0.1, 0.15) is 45.1 Å². The van der Waals surface area contributed by atoms with E-state index in [1.165, 1.54) is 5.56 Å². The summed E-state index contributed by atoms with van der Waals surface area (Å²) in [6.45, 7) is 7.11. The maximum Gasteiger partial charge on any atom is 0.410 e. The van der Waals surface area contributed by atoms with E-state index in [0.717, 1.165) is 25.9 Å². The molecule has 1 aromatic heterocycles. The third-order valence-corrected chi connectivity index (χ3v) is 3.59. The summed E-state index contributed by atoms with van der Waals surface area (Å²) in [7, 11) is 0. The van der Waals surface area contributed by atoms with Gasteiger partial charge >= 0.3 is 6.09 Å². The molecule has 110 valence electrons. The molecule has 0 aromatic carbocycles. The summed E-state index contributed by atoms with van der Waals surface area (Å²) in [5, 5.41) is 0.514. The van der Waals surface area contributed by atoms with Crippen molar-refractivity contribution in [2.24, 2.45) is 0 Å². The van der Waals surface area contributed by atoms with Gasteiger partial charge in [-0.2, -0.15) is 0 Å². The fourth-order valence-electron chi connectivity index (χ4n) is 2.35. The van der Waals surface area contributed by atoms with Crippen LogP contribution in [0.2, 0.25) is 5.15 Å². The fraction of sp³-hybridized carbons (Fsp3) is 0.600. The summed E-state index contributed by atoms with van der Waals surface area (Å²) < 4.78 is 5.39. The van der Waals surface area contributed by atoms with Crippen LogP contribution < -0.4 is 0 Å². The average molecular weight is 297 g/mol. The SMILES string of the molecule is CC(C)(C)OC(=O)N1CCC(c2ccc(Cl)nc2)CC1. The number of hydrogen-bond acceptors (Lipinski definition) is 3. The Labute approximate surface area is 125 Å². The van der Waals surface area contributed by atoms with Gasteiger partial charge < -0.3 is 9.64 Å². The van der Waals surface area contributed by atoms with E-state index in [4.69, 9.17) is 16.3 Å². The van der Waals surface area contributed by atoms with Gasteiger partial charge in [0, 0.05) is 19.3 Å². The minimum absolute atomic E-state index is 0.217. The molecule has 0 radical (unpaired) electrons. The van der Waals surface area contributed by atoms with Gasteiger partial charge in [-0.25, -0.2) is 9.78 Å². The number of halogens is 1. The number of likely N-dealkylation sites (tertiary alicyclic amines) is 1. The van der Waals surface area contributed by atoms with Gasteiger partial charge in [-0.05, 0) is 51.2 Å². The molecule has 0 saturated carbocycles. The van der Waals surface area contributed by atoms with Gasteiger partial charge in [-0.15, -0.1) is 0 Å². The number of hydrogen-bond donors (Lipinski definition) is 0. The highest BCUT2D eigenvalue weighted by Gasteiger charge is 2.27. The van der Waals surface area contributed by atoms with Crippen molar-refractivity contribution in [1.82, 2.24) is 9.88 Å². The lowest BCUT2D eigenvalue weighted by Crippen LogP contribution is -2.41. The molecule has 1 aromatic rings. The molecule has 0 aliphatic carbocycles. The van der Waals surface area contributed by atoms with Crippen LogP contribution in [-0.2, 0) is 4.74 Å². The van der Waals surface area contributed by atoms with Gasteiger partial charge in [-0.1, -0.05) is 17.7 Å². The molecule has 2 heterocycles. The normalized spacial score (nSPS) is 17.1. The van der Waals surface area contributed by atoms with E-state index in [0.29, 0.717) is 11.1 Å². The molecule has 2 rings (SSSR count). The Morgan fingerprint density at radius 3 is 2.50 bits per heavy atom. The topological polar surface area (TPSA) is 42.4 Å². The van der Waals surface area contributed by atoms with Crippen molar-refractivity contribution in [3.8, 4) is 0 Å². The third kappa shape index (κ3) is 4.10. The van der Waals surface area contributed by atoms with Crippen LogP contribution in [-0.4, -0.2) is 34.7 Å². The summed E-state index contributed by atoms with van der Waals surface area (Å²) in [6, 6.07) is 3.83. The largest absolute Gasteiger partial charge is 0.444 e. The summed E-state index contributed by atoms with van der Waals surface area (Å²) in [5.41, 5.74) is 0.756. The van der Waals surface area contributed by atoms with Crippen LogP contribution in [0.15, 0.2) is 18.3 Å². The molecule has 1 fully saturated rings. The molecule has 1 amide bonds. The molecule has 1 saturated heterocycles. The highest BCUT2D eigenvalue weighted by molar-refractivity contribution is 6.29. The Balaban J connectivity index is 1.89. The van der Waals surface area contributed by atoms with E-state index >= 15 is 0 Å². The van der Waals surface area contributed by atoms with E-state index < -0.39 is 5.60 Å². The van der Waals surface area contributed by atoms with Gasteiger partial charge in [0.25, 0.3) is 0 Å². The minimum atomic E-state index is -0.436. The summed E-state index contributed by atoms with van der Waals surface area (Å²) >= 11 is 5.80. The molecule has 1 aliphatic heterocycles. The van der Waals surface area contributed by atoms with Gasteiger partial charge in [-0.3, -0.25) is 0 Å². The van der Waals surface area contributed by atoms with E-state index in [9.17, 15) is 4.79 Å². The highest BCUT2D eigenvalue weighted by Crippen LogP contribution is 2.28. The Hall–Kier alpha value is -1.29. The number of pyridine rings is 1. The van der Waals surface area contributed by atoms with Crippen LogP contribution in [0.4, 0.5) is 4.79 Å². The van der Waals surface area contributed by atoms with Gasteiger partial charge in [0.1, 0.15) is 10.8 Å². The Bertz CT molecular complexity index is 460. The molecule has 4 nitrogen and oxygen atoms in total. The number of piperidine rings is 1. The molecular weight excluding hydrogens is 276 g/mol. The number of aromatic nitrogens is 1. The maximum atomic E-state index is 12.0. The van der Waals surface area contributed by atoms with Crippen LogP contribution in [0, 0.1) is 0 Å². The monoisotopic (exact) mass is 296 g/mol. The summed E-state index contributed by atoms with van der Waals surface area (Å²) in [5.74, 6) is 0.443. The Morgan fingerprint density at radius 2 is 2.00 bits per heavy atom. The summed E-state index contributed by atoms with van der Waals surface area (Å²) in [6.07, 6.45) is 3.48. The van der Waals surface area contributed by atoms with Crippen LogP contribution in [0.25, 0.3) is 0 Å². The number of ether oxygens (including phenoxy) is 1. The van der Waals surface area contributed by atoms with Gasteiger partial charge in [0.05, 0.1) is 0 Å². The van der Waals surface area contributed by atoms with Crippen molar-refractivity contribution >= 4 is 17.7 Å². The lowest BCUT2D eigenvalue weighted by atomic mass is 9.91. The number of amides is 1. The van der Waals surface area contributed by atoms with Crippen molar-refractivity contribution in [3.05, 3.63) is 29.0 Å². The molecule has 0 atom stereocenters. The van der Waals surface area contributed by atoms with E-state index in [2.05, 4.69) is 4.98 Å². The molecule has 5 heteroatoms. The second-order valence-electron chi connectivity index (χ2n) is 6.16. The zero-order valence-electron chi connectivity index (χ0n) is 12.2. The first-order chi connectivity index (χ1) is 9.35. The van der Waals surface area contributed by atoms with E-state index in [1.54, 1.807) is 4.90 Å². The molecule has 0 N–H and O–H groups in total. The molecule has 20 heavy (non-hydrogen) atoms. The van der Waals surface area contributed by atoms with Crippen molar-refractivity contribution in [2.75, 3.05) is 13.1 Å². The van der Waals surface area contributed by atoms with Gasteiger partial charge in [0.2, 0.25) is 0 Å². The first-order valence-electron chi connectivity index (χ1n) is 6.94. The third-order valence-electron chi connectivity index (χ3n) is 3.37. The number of carbonyl (C=O) groups excluding carboxylic acids is 1. The second kappa shape index (κ2) is 6.00. The molecule has 1 aliphatic rings. The van der Waals surface area contributed by atoms with Crippen molar-refractivity contribution < 1.29 is 9.53 Å². The lowest BCUT2D eigenvalue weighted by molar-refractivity contribution is 0.0205. The molecule has 0 unspecified atom stereocenters. The zero-order chi connectivity index (χ0) is 14.8. The first-order valence-corrected chi connectivity index (χ1v) is 7.32. The fourth-order valence-corrected chi connectivity index (χ4v) is 2.46. The molecule has 0 spiro atoms. The standard InChI is InChI=1S/C15H21ClN2O2/c1-15(2,3)20-14(19)18-8-6-11(7-9-18)12-4-5-13(16)17-10-12/h4-5,10-11H,6-9H2,1-3H3. The Kier molecular flexibility index (Phi) is 4.53. The van der Waals surface area contributed by atoms with Crippen LogP contribution in [0.5, 0.6) is 0 Å². The number of carbonyl (C=O) groups is 1. The van der Waals surface area contributed by atoms with E-state index in [1.807, 2.05) is 39.1 Å². The Morgan fingerprint density at radius 1 is 1.35 bits per heavy atom. The van der Waals surface area contributed by atoms with Crippen LogP contribution in [0.3, 0.4) is 0 Å². The zero-order valence-corrected chi connectivity index (χ0v) is 13.0. The lowest BCUT2D eigenvalue weighted by Gasteiger charge is -2.33. The van der Waals surface area contributed by atoms with Crippen molar-refractivity contribution in [2.45, 2.75) is 45.1 Å². The highest BCUT2D eigenvalue weighted by atomic mass is 35.5.